The number of aliphatic carboxylic acids is 1. The van der Waals surface area contributed by atoms with Crippen LogP contribution in [-0.2, 0) is 28.6 Å². The predicted octanol–water partition coefficient (Wildman–Crippen LogP) is 8.74. The molecule has 0 amide bonds. The van der Waals surface area contributed by atoms with Crippen LogP contribution in [-0.4, -0.2) is 75.5 Å². The molecule has 0 aromatic rings. The van der Waals surface area contributed by atoms with Crippen LogP contribution < -0.4 is 5.11 Å². The predicted molar refractivity (Wildman–Crippen MR) is 203 cm³/mol. The summed E-state index contributed by atoms with van der Waals surface area (Å²) < 4.78 is 17.1. The van der Waals surface area contributed by atoms with Crippen molar-refractivity contribution in [3.8, 4) is 0 Å². The molecule has 0 saturated carbocycles. The molecule has 0 aromatic heterocycles. The van der Waals surface area contributed by atoms with Gasteiger partial charge in [-0.05, 0) is 51.4 Å². The van der Waals surface area contributed by atoms with Crippen LogP contribution in [0, 0.1) is 0 Å². The third-order valence-corrected chi connectivity index (χ3v) is 8.48. The monoisotopic (exact) mass is 704 g/mol. The highest BCUT2D eigenvalue weighted by molar-refractivity contribution is 5.70. The number of ether oxygens (including phenoxy) is 3. The van der Waals surface area contributed by atoms with Gasteiger partial charge >= 0.3 is 11.9 Å². The Bertz CT molecular complexity index is 964. The van der Waals surface area contributed by atoms with Gasteiger partial charge in [0.25, 0.3) is 0 Å². The SMILES string of the molecule is CC/C=C/C/C=C/C/C=C/C/C=C/CCCCCC(=O)OC(COCCC(C(=O)[O-])[N+](C)(C)C)COC(=O)CCCCCCCCCCCC. The number of quaternary nitrogens is 1. The lowest BCUT2D eigenvalue weighted by atomic mass is 10.1. The van der Waals surface area contributed by atoms with Crippen molar-refractivity contribution in [1.29, 1.82) is 0 Å². The topological polar surface area (TPSA) is 102 Å². The number of likely N-dealkylation sites (N-methyl/N-ethyl adjacent to an activating group) is 1. The zero-order valence-electron chi connectivity index (χ0n) is 32.5. The molecule has 0 rings (SSSR count). The van der Waals surface area contributed by atoms with Crippen molar-refractivity contribution in [1.82, 2.24) is 0 Å². The molecule has 0 heterocycles. The third kappa shape index (κ3) is 31.3. The molecule has 0 radical (unpaired) electrons. The highest BCUT2D eigenvalue weighted by atomic mass is 16.6. The highest BCUT2D eigenvalue weighted by Gasteiger charge is 2.25. The summed E-state index contributed by atoms with van der Waals surface area (Å²) in [5.41, 5.74) is 0. The van der Waals surface area contributed by atoms with E-state index in [0.29, 0.717) is 6.42 Å². The fourth-order valence-corrected chi connectivity index (χ4v) is 5.41. The molecular formula is C42H73NO7. The summed E-state index contributed by atoms with van der Waals surface area (Å²) in [5.74, 6) is -1.78. The lowest BCUT2D eigenvalue weighted by Gasteiger charge is -2.34. The molecule has 0 bridgehead atoms. The highest BCUT2D eigenvalue weighted by Crippen LogP contribution is 2.13. The van der Waals surface area contributed by atoms with E-state index in [1.807, 2.05) is 0 Å². The lowest BCUT2D eigenvalue weighted by molar-refractivity contribution is -0.889. The van der Waals surface area contributed by atoms with Crippen LogP contribution in [0.4, 0.5) is 0 Å². The number of carboxylic acids is 1. The van der Waals surface area contributed by atoms with Gasteiger partial charge in [-0.2, -0.15) is 0 Å². The van der Waals surface area contributed by atoms with E-state index in [-0.39, 0.29) is 49.1 Å². The first-order chi connectivity index (χ1) is 24.1. The second-order valence-electron chi connectivity index (χ2n) is 14.1. The summed E-state index contributed by atoms with van der Waals surface area (Å²) in [6.07, 6.45) is 37.1. The van der Waals surface area contributed by atoms with E-state index >= 15 is 0 Å². The van der Waals surface area contributed by atoms with Gasteiger partial charge in [0.2, 0.25) is 0 Å². The molecule has 0 saturated heterocycles. The summed E-state index contributed by atoms with van der Waals surface area (Å²) in [6.45, 7) is 4.48. The summed E-state index contributed by atoms with van der Waals surface area (Å²) in [6, 6.07) is -0.730. The number of hydrogen-bond acceptors (Lipinski definition) is 7. The molecule has 0 N–H and O–H groups in total. The number of carbonyl (C=O) groups is 3. The molecule has 0 aliphatic rings. The molecule has 2 unspecified atom stereocenters. The molecule has 50 heavy (non-hydrogen) atoms. The van der Waals surface area contributed by atoms with Gasteiger partial charge in [0.05, 0.1) is 40.3 Å². The largest absolute Gasteiger partial charge is 0.544 e. The van der Waals surface area contributed by atoms with Crippen LogP contribution >= 0.6 is 0 Å². The average Bonchev–Trinajstić information content (AvgIpc) is 3.06. The quantitative estimate of drug-likeness (QED) is 0.0286. The number of nitrogens with zero attached hydrogens (tertiary/aromatic N) is 1. The van der Waals surface area contributed by atoms with Crippen LogP contribution in [0.25, 0.3) is 0 Å². The fraction of sp³-hybridized carbons (Fsp3) is 0.738. The van der Waals surface area contributed by atoms with Crippen LogP contribution in [0.5, 0.6) is 0 Å². The minimum Gasteiger partial charge on any atom is -0.544 e. The number of carbonyl (C=O) groups excluding carboxylic acids is 3. The van der Waals surface area contributed by atoms with Gasteiger partial charge < -0.3 is 28.6 Å². The van der Waals surface area contributed by atoms with Crippen molar-refractivity contribution in [3.63, 3.8) is 0 Å². The van der Waals surface area contributed by atoms with Crippen molar-refractivity contribution in [2.75, 3.05) is 41.0 Å². The summed E-state index contributed by atoms with van der Waals surface area (Å²) in [4.78, 5) is 36.6. The Morgan fingerprint density at radius 3 is 1.66 bits per heavy atom. The Kier molecular flexibility index (Phi) is 31.6. The zero-order valence-corrected chi connectivity index (χ0v) is 32.5. The number of unbranched alkanes of at least 4 members (excludes halogenated alkanes) is 12. The van der Waals surface area contributed by atoms with E-state index in [1.165, 1.54) is 44.9 Å². The first-order valence-corrected chi connectivity index (χ1v) is 19.7. The zero-order chi connectivity index (χ0) is 37.1. The Morgan fingerprint density at radius 2 is 1.12 bits per heavy atom. The van der Waals surface area contributed by atoms with Crippen LogP contribution in [0.2, 0.25) is 0 Å². The number of hydrogen-bond donors (Lipinski definition) is 0. The van der Waals surface area contributed by atoms with Crippen molar-refractivity contribution in [3.05, 3.63) is 48.6 Å². The van der Waals surface area contributed by atoms with Gasteiger partial charge in [0.15, 0.2) is 6.10 Å². The summed E-state index contributed by atoms with van der Waals surface area (Å²) in [7, 11) is 5.38. The normalized spacial score (nSPS) is 13.5. The van der Waals surface area contributed by atoms with E-state index in [9.17, 15) is 19.5 Å². The molecular weight excluding hydrogens is 630 g/mol. The smallest absolute Gasteiger partial charge is 0.306 e. The standard InChI is InChI=1S/C42H73NO7/c1-6-8-10-12-14-16-18-19-20-21-22-23-25-27-29-31-33-41(45)50-38(36-48-35-34-39(42(46)47)43(3,4)5)37-49-40(44)32-30-28-26-24-17-15-13-11-9-7-2/h8,10,14,16,19-20,22-23,38-39H,6-7,9,11-13,15,17-18,21,24-37H2,1-5H3/b10-8+,16-14+,20-19+,23-22+. The van der Waals surface area contributed by atoms with Gasteiger partial charge in [0, 0.05) is 19.3 Å². The van der Waals surface area contributed by atoms with Gasteiger partial charge in [-0.3, -0.25) is 9.59 Å². The van der Waals surface area contributed by atoms with E-state index in [0.717, 1.165) is 70.6 Å². The molecule has 288 valence electrons. The molecule has 0 aliphatic carbocycles. The van der Waals surface area contributed by atoms with E-state index in [1.54, 1.807) is 21.1 Å². The first-order valence-electron chi connectivity index (χ1n) is 19.7. The molecule has 8 nitrogen and oxygen atoms in total. The maximum Gasteiger partial charge on any atom is 0.306 e. The molecule has 8 heteroatoms. The van der Waals surface area contributed by atoms with Crippen molar-refractivity contribution in [2.24, 2.45) is 0 Å². The Labute approximate surface area is 306 Å². The van der Waals surface area contributed by atoms with Crippen molar-refractivity contribution in [2.45, 2.75) is 161 Å². The Hall–Kier alpha value is -2.71. The van der Waals surface area contributed by atoms with Crippen LogP contribution in [0.1, 0.15) is 149 Å². The minimum atomic E-state index is -1.13. The third-order valence-electron chi connectivity index (χ3n) is 8.48. The first kappa shape index (κ1) is 47.3. The van der Waals surface area contributed by atoms with Crippen molar-refractivity contribution >= 4 is 17.9 Å². The maximum absolute atomic E-state index is 12.6. The minimum absolute atomic E-state index is 0.0278. The van der Waals surface area contributed by atoms with Gasteiger partial charge in [-0.25, -0.2) is 0 Å². The molecule has 2 atom stereocenters. The van der Waals surface area contributed by atoms with E-state index < -0.39 is 18.1 Å². The lowest BCUT2D eigenvalue weighted by Crippen LogP contribution is -2.55. The van der Waals surface area contributed by atoms with Gasteiger partial charge in [-0.15, -0.1) is 0 Å². The number of rotatable bonds is 34. The molecule has 0 spiro atoms. The number of carboxylic acid groups (broad SMARTS) is 1. The second kappa shape index (κ2) is 33.4. The second-order valence-corrected chi connectivity index (χ2v) is 14.1. The van der Waals surface area contributed by atoms with Crippen LogP contribution in [0.3, 0.4) is 0 Å². The fourth-order valence-electron chi connectivity index (χ4n) is 5.41. The maximum atomic E-state index is 12.6. The summed E-state index contributed by atoms with van der Waals surface area (Å²) in [5, 5.41) is 11.6. The van der Waals surface area contributed by atoms with Gasteiger partial charge in [-0.1, -0.05) is 127 Å². The average molecular weight is 704 g/mol. The van der Waals surface area contributed by atoms with Crippen molar-refractivity contribution < 1.29 is 38.2 Å². The molecule has 0 aromatic carbocycles. The molecule has 0 aliphatic heterocycles. The summed E-state index contributed by atoms with van der Waals surface area (Å²) >= 11 is 0. The molecule has 0 fully saturated rings. The number of esters is 2. The Balaban J connectivity index is 4.47. The van der Waals surface area contributed by atoms with Gasteiger partial charge in [0.1, 0.15) is 12.6 Å². The number of allylic oxidation sites excluding steroid dienone is 8. The van der Waals surface area contributed by atoms with E-state index in [4.69, 9.17) is 14.2 Å². The Morgan fingerprint density at radius 1 is 0.620 bits per heavy atom. The van der Waals surface area contributed by atoms with Crippen LogP contribution in [0.15, 0.2) is 48.6 Å². The van der Waals surface area contributed by atoms with E-state index in [2.05, 4.69) is 62.5 Å².